The Morgan fingerprint density at radius 2 is 1.71 bits per heavy atom. The molecule has 0 spiro atoms. The second-order valence-electron chi connectivity index (χ2n) is 8.64. The average molecular weight is 370 g/mol. The fourth-order valence-corrected chi connectivity index (χ4v) is 3.36. The Hall–Kier alpha value is -1.28. The molecule has 3 nitrogen and oxygen atoms in total. The Morgan fingerprint density at radius 3 is 2.21 bits per heavy atom. The summed E-state index contributed by atoms with van der Waals surface area (Å²) in [5, 5.41) is 4.60. The van der Waals surface area contributed by atoms with Crippen LogP contribution in [0.1, 0.15) is 66.0 Å². The zero-order chi connectivity index (χ0) is 17.0. The Morgan fingerprint density at radius 1 is 1.04 bits per heavy atom. The van der Waals surface area contributed by atoms with Crippen molar-refractivity contribution in [1.82, 2.24) is 5.01 Å². The summed E-state index contributed by atoms with van der Waals surface area (Å²) < 4.78 is 0. The van der Waals surface area contributed by atoms with Gasteiger partial charge in [0.2, 0.25) is 5.79 Å². The van der Waals surface area contributed by atoms with Crippen LogP contribution in [0.4, 0.5) is 5.69 Å². The van der Waals surface area contributed by atoms with E-state index in [0.29, 0.717) is 0 Å². The van der Waals surface area contributed by atoms with Gasteiger partial charge in [0.25, 0.3) is 0 Å². The van der Waals surface area contributed by atoms with Crippen molar-refractivity contribution in [2.45, 2.75) is 71.5 Å². The molecule has 134 valence electrons. The van der Waals surface area contributed by atoms with Crippen LogP contribution in [0.5, 0.6) is 0 Å². The molecule has 0 amide bonds. The van der Waals surface area contributed by atoms with E-state index in [2.05, 4.69) is 82.9 Å². The molecule has 2 aliphatic rings. The van der Waals surface area contributed by atoms with E-state index >= 15 is 0 Å². The molecule has 4 heteroatoms. The first-order chi connectivity index (χ1) is 10.6. The fraction of sp³-hybridized carbons (Fsp3) is 0.550. The predicted molar refractivity (Wildman–Crippen MR) is 98.8 cm³/mol. The van der Waals surface area contributed by atoms with Gasteiger partial charge in [0.05, 0.1) is 5.69 Å². The maximum absolute atomic E-state index is 4.77. The van der Waals surface area contributed by atoms with Gasteiger partial charge in [-0.15, -0.1) is 0 Å². The minimum Gasteiger partial charge on any atom is -0.242 e. The summed E-state index contributed by atoms with van der Waals surface area (Å²) in [6.45, 7) is 15.9. The molecule has 1 saturated heterocycles. The summed E-state index contributed by atoms with van der Waals surface area (Å²) in [5.74, 6) is -0.217. The molecule has 1 aromatic rings. The molecule has 2 heterocycles. The van der Waals surface area contributed by atoms with Crippen molar-refractivity contribution >= 4 is 11.9 Å². The molecule has 1 atom stereocenters. The number of hydrazine groups is 1. The van der Waals surface area contributed by atoms with Gasteiger partial charge in [-0.2, -0.15) is 0 Å². The first kappa shape index (κ1) is 19.1. The summed E-state index contributed by atoms with van der Waals surface area (Å²) in [6.07, 6.45) is 7.03. The number of allylic oxidation sites excluding steroid dienone is 1. The zero-order valence-corrected chi connectivity index (χ0v) is 16.8. The minimum atomic E-state index is -0.217. The summed E-state index contributed by atoms with van der Waals surface area (Å²) in [4.78, 5) is 4.77. The number of nitrogens with zero attached hydrogens (tertiary/aromatic N) is 3. The second kappa shape index (κ2) is 5.91. The van der Waals surface area contributed by atoms with Crippen molar-refractivity contribution in [2.75, 3.05) is 5.01 Å². The maximum Gasteiger partial charge on any atom is 0.244 e. The van der Waals surface area contributed by atoms with Crippen molar-refractivity contribution < 1.29 is 16.5 Å². The maximum atomic E-state index is 4.77. The van der Waals surface area contributed by atoms with Crippen LogP contribution in [-0.2, 0) is 27.3 Å². The molecule has 1 fully saturated rings. The van der Waals surface area contributed by atoms with Gasteiger partial charge in [0.15, 0.2) is 0 Å². The Labute approximate surface area is 156 Å². The molecule has 0 aromatic heterocycles. The molecular formula is C20H29N3Ni. The Balaban J connectivity index is 0.00000208. The molecule has 0 saturated carbocycles. The number of rotatable bonds is 2. The molecule has 2 aliphatic heterocycles. The van der Waals surface area contributed by atoms with Crippen molar-refractivity contribution in [2.24, 2.45) is 4.99 Å². The molecule has 1 unspecified atom stereocenters. The van der Waals surface area contributed by atoms with Crippen molar-refractivity contribution in [3.63, 3.8) is 0 Å². The number of aliphatic imine (C=N–C) groups is 1. The van der Waals surface area contributed by atoms with Gasteiger partial charge in [-0.05, 0) is 34.1 Å². The van der Waals surface area contributed by atoms with Crippen LogP contribution >= 0.6 is 0 Å². The third-order valence-corrected chi connectivity index (χ3v) is 4.85. The topological polar surface area (TPSA) is 18.4 Å². The van der Waals surface area contributed by atoms with Gasteiger partial charge < -0.3 is 0 Å². The molecule has 3 rings (SSSR count). The third kappa shape index (κ3) is 2.90. The molecular weight excluding hydrogens is 341 g/mol. The van der Waals surface area contributed by atoms with E-state index in [0.717, 1.165) is 6.42 Å². The molecule has 0 aliphatic carbocycles. The number of fused-ring (bicyclic) bond motifs is 1. The van der Waals surface area contributed by atoms with Gasteiger partial charge >= 0.3 is 0 Å². The summed E-state index contributed by atoms with van der Waals surface area (Å²) in [6, 6.07) is 6.95. The molecule has 1 aromatic carbocycles. The normalized spacial score (nSPS) is 22.3. The van der Waals surface area contributed by atoms with Gasteiger partial charge in [0, 0.05) is 35.3 Å². The van der Waals surface area contributed by atoms with Crippen LogP contribution in [0.15, 0.2) is 35.5 Å². The van der Waals surface area contributed by atoms with Crippen LogP contribution in [0.2, 0.25) is 0 Å². The molecule has 0 N–H and O–H groups in total. The minimum absolute atomic E-state index is 0. The van der Waals surface area contributed by atoms with E-state index in [4.69, 9.17) is 4.99 Å². The second-order valence-corrected chi connectivity index (χ2v) is 8.64. The molecule has 24 heavy (non-hydrogen) atoms. The summed E-state index contributed by atoms with van der Waals surface area (Å²) in [5.41, 5.74) is 4.26. The van der Waals surface area contributed by atoms with E-state index in [9.17, 15) is 0 Å². The first-order valence-corrected chi connectivity index (χ1v) is 8.58. The standard InChI is InChI=1S/C20H29N3.Ni/c1-8-20-21-12-9-13-22(20)23(20)17-14-15(18(2,3)4)10-11-16(17)19(5,6)7;/h9-14H,8H2,1-7H3;. The SMILES string of the molecule is CCC12N=CC=CN1N2c1cc(C(C)(C)C)ccc1C(C)(C)C.[Ni]. The number of anilines is 1. The zero-order valence-electron chi connectivity index (χ0n) is 15.8. The average Bonchev–Trinajstić information content (AvgIpc) is 3.14. The van der Waals surface area contributed by atoms with Gasteiger partial charge in [0.1, 0.15) is 0 Å². The fourth-order valence-electron chi connectivity index (χ4n) is 3.36. The summed E-state index contributed by atoms with van der Waals surface area (Å²) in [7, 11) is 0. The molecule has 0 bridgehead atoms. The van der Waals surface area contributed by atoms with E-state index < -0.39 is 0 Å². The van der Waals surface area contributed by atoms with Crippen LogP contribution in [0.25, 0.3) is 0 Å². The van der Waals surface area contributed by atoms with Gasteiger partial charge in [-0.3, -0.25) is 0 Å². The monoisotopic (exact) mass is 369 g/mol. The Kier molecular flexibility index (Phi) is 4.69. The van der Waals surface area contributed by atoms with E-state index in [-0.39, 0.29) is 33.1 Å². The largest absolute Gasteiger partial charge is 0.244 e. The first-order valence-electron chi connectivity index (χ1n) is 8.58. The van der Waals surface area contributed by atoms with Crippen LogP contribution in [0.3, 0.4) is 0 Å². The van der Waals surface area contributed by atoms with Gasteiger partial charge in [-0.1, -0.05) is 60.6 Å². The van der Waals surface area contributed by atoms with Crippen molar-refractivity contribution in [3.8, 4) is 0 Å². The van der Waals surface area contributed by atoms with Crippen molar-refractivity contribution in [3.05, 3.63) is 41.6 Å². The third-order valence-electron chi connectivity index (χ3n) is 4.85. The van der Waals surface area contributed by atoms with E-state index in [1.165, 1.54) is 16.8 Å². The summed E-state index contributed by atoms with van der Waals surface area (Å²) >= 11 is 0. The smallest absolute Gasteiger partial charge is 0.242 e. The quantitative estimate of drug-likeness (QED) is 0.540. The molecule has 0 radical (unpaired) electrons. The number of benzene rings is 1. The Bertz CT molecular complexity index is 679. The predicted octanol–water partition coefficient (Wildman–Crippen LogP) is 4.98. The number of hydrogen-bond acceptors (Lipinski definition) is 3. The number of hydrogen-bond donors (Lipinski definition) is 0. The van der Waals surface area contributed by atoms with E-state index in [1.54, 1.807) is 0 Å². The van der Waals surface area contributed by atoms with Crippen LogP contribution in [-0.4, -0.2) is 17.0 Å². The van der Waals surface area contributed by atoms with Crippen LogP contribution < -0.4 is 5.01 Å². The van der Waals surface area contributed by atoms with Crippen LogP contribution in [0, 0.1) is 0 Å². The van der Waals surface area contributed by atoms with Gasteiger partial charge in [-0.25, -0.2) is 15.0 Å². The van der Waals surface area contributed by atoms with E-state index in [1.807, 2.05) is 12.3 Å². The van der Waals surface area contributed by atoms with Crippen molar-refractivity contribution in [1.29, 1.82) is 0 Å².